The summed E-state index contributed by atoms with van der Waals surface area (Å²) in [4.78, 5) is 41.0. The minimum absolute atomic E-state index is 0.0711. The molecule has 1 aliphatic heterocycles. The van der Waals surface area contributed by atoms with Gasteiger partial charge in [0.2, 0.25) is 5.91 Å². The average molecular weight is 480 g/mol. The van der Waals surface area contributed by atoms with Crippen LogP contribution < -0.4 is 5.32 Å². The SMILES string of the molecule is CN(C)C[C@H](NC(=O)OCC1c2ccccc2-c2ccccc21)C(=O)N1CCCCC1CC(=O)O. The van der Waals surface area contributed by atoms with Gasteiger partial charge < -0.3 is 25.0 Å². The van der Waals surface area contributed by atoms with Gasteiger partial charge in [0.15, 0.2) is 0 Å². The van der Waals surface area contributed by atoms with E-state index in [1.807, 2.05) is 43.3 Å². The normalized spacial score (nSPS) is 18.0. The molecule has 0 saturated carbocycles. The van der Waals surface area contributed by atoms with Crippen molar-refractivity contribution in [2.24, 2.45) is 0 Å². The van der Waals surface area contributed by atoms with E-state index >= 15 is 0 Å². The number of benzene rings is 2. The van der Waals surface area contributed by atoms with E-state index in [9.17, 15) is 19.5 Å². The predicted octanol–water partition coefficient (Wildman–Crippen LogP) is 3.31. The van der Waals surface area contributed by atoms with Crippen LogP contribution in [0.15, 0.2) is 48.5 Å². The van der Waals surface area contributed by atoms with Gasteiger partial charge in [-0.1, -0.05) is 48.5 Å². The number of alkyl carbamates (subject to hydrolysis) is 1. The minimum Gasteiger partial charge on any atom is -0.481 e. The average Bonchev–Trinajstić information content (AvgIpc) is 3.15. The molecule has 186 valence electrons. The number of fused-ring (bicyclic) bond motifs is 3. The van der Waals surface area contributed by atoms with Gasteiger partial charge in [-0.05, 0) is 55.6 Å². The summed E-state index contributed by atoms with van der Waals surface area (Å²) in [5.41, 5.74) is 4.53. The Hall–Kier alpha value is -3.39. The molecule has 2 aromatic rings. The number of nitrogens with zero attached hydrogens (tertiary/aromatic N) is 2. The third-order valence-electron chi connectivity index (χ3n) is 6.80. The molecule has 35 heavy (non-hydrogen) atoms. The van der Waals surface area contributed by atoms with E-state index in [0.717, 1.165) is 35.1 Å². The summed E-state index contributed by atoms with van der Waals surface area (Å²) < 4.78 is 5.65. The number of hydrogen-bond donors (Lipinski definition) is 2. The molecule has 0 radical (unpaired) electrons. The van der Waals surface area contributed by atoms with Gasteiger partial charge in [0.1, 0.15) is 12.6 Å². The van der Waals surface area contributed by atoms with Crippen molar-refractivity contribution in [1.29, 1.82) is 0 Å². The summed E-state index contributed by atoms with van der Waals surface area (Å²) in [5, 5.41) is 12.0. The third kappa shape index (κ3) is 5.65. The molecule has 2 aromatic carbocycles. The minimum atomic E-state index is -0.927. The molecular formula is C27H33N3O5. The van der Waals surface area contributed by atoms with Crippen LogP contribution in [0.5, 0.6) is 0 Å². The summed E-state index contributed by atoms with van der Waals surface area (Å²) in [5.74, 6) is -1.26. The summed E-state index contributed by atoms with van der Waals surface area (Å²) in [6, 6.07) is 15.0. The molecule has 1 heterocycles. The number of aliphatic carboxylic acids is 1. The van der Waals surface area contributed by atoms with Crippen LogP contribution >= 0.6 is 0 Å². The highest BCUT2D eigenvalue weighted by Crippen LogP contribution is 2.44. The van der Waals surface area contributed by atoms with E-state index < -0.39 is 18.1 Å². The maximum absolute atomic E-state index is 13.4. The fraction of sp³-hybridized carbons (Fsp3) is 0.444. The van der Waals surface area contributed by atoms with Gasteiger partial charge in [-0.25, -0.2) is 4.79 Å². The number of hydrogen-bond acceptors (Lipinski definition) is 5. The molecule has 4 rings (SSSR count). The Labute approximate surface area is 205 Å². The predicted molar refractivity (Wildman–Crippen MR) is 132 cm³/mol. The fourth-order valence-corrected chi connectivity index (χ4v) is 5.24. The van der Waals surface area contributed by atoms with Gasteiger partial charge in [-0.3, -0.25) is 9.59 Å². The van der Waals surface area contributed by atoms with Crippen molar-refractivity contribution in [2.75, 3.05) is 33.8 Å². The number of likely N-dealkylation sites (tertiary alicyclic amines) is 1. The second kappa shape index (κ2) is 10.9. The zero-order chi connectivity index (χ0) is 24.9. The maximum atomic E-state index is 13.4. The lowest BCUT2D eigenvalue weighted by molar-refractivity contribution is -0.143. The Morgan fingerprint density at radius 2 is 1.69 bits per heavy atom. The van der Waals surface area contributed by atoms with E-state index in [1.165, 1.54) is 0 Å². The van der Waals surface area contributed by atoms with Crippen molar-refractivity contribution in [3.8, 4) is 11.1 Å². The molecule has 2 amide bonds. The second-order valence-electron chi connectivity index (χ2n) is 9.56. The van der Waals surface area contributed by atoms with Crippen molar-refractivity contribution in [1.82, 2.24) is 15.1 Å². The molecule has 1 saturated heterocycles. The van der Waals surface area contributed by atoms with Gasteiger partial charge in [0.25, 0.3) is 0 Å². The summed E-state index contributed by atoms with van der Waals surface area (Å²) in [6.45, 7) is 0.945. The standard InChI is InChI=1S/C27H33N3O5/c1-29(2)16-24(26(33)30-14-8-7-9-18(30)15-25(31)32)28-27(34)35-17-23-21-12-5-3-10-19(21)20-11-4-6-13-22(20)23/h3-6,10-13,18,23-24H,7-9,14-17H2,1-2H3,(H,28,34)(H,31,32)/t18?,24-/m0/s1. The number of carboxylic acid groups (broad SMARTS) is 1. The van der Waals surface area contributed by atoms with Crippen LogP contribution in [0.3, 0.4) is 0 Å². The molecule has 2 aliphatic rings. The van der Waals surface area contributed by atoms with Crippen LogP contribution in [0.2, 0.25) is 0 Å². The first-order valence-electron chi connectivity index (χ1n) is 12.1. The van der Waals surface area contributed by atoms with Crippen LogP contribution in [-0.4, -0.2) is 78.8 Å². The number of carbonyl (C=O) groups excluding carboxylic acids is 2. The van der Waals surface area contributed by atoms with Crippen LogP contribution in [-0.2, 0) is 14.3 Å². The molecule has 0 aromatic heterocycles. The number of carbonyl (C=O) groups is 3. The number of carboxylic acids is 1. The van der Waals surface area contributed by atoms with E-state index in [1.54, 1.807) is 4.90 Å². The maximum Gasteiger partial charge on any atom is 0.407 e. The third-order valence-corrected chi connectivity index (χ3v) is 6.80. The molecule has 2 N–H and O–H groups in total. The Kier molecular flexibility index (Phi) is 7.70. The summed E-state index contributed by atoms with van der Waals surface area (Å²) in [6.07, 6.45) is 1.61. The Balaban J connectivity index is 1.44. The van der Waals surface area contributed by atoms with Crippen LogP contribution in [0.4, 0.5) is 4.79 Å². The van der Waals surface area contributed by atoms with E-state index in [2.05, 4.69) is 29.6 Å². The van der Waals surface area contributed by atoms with Crippen LogP contribution in [0.1, 0.15) is 42.7 Å². The van der Waals surface area contributed by atoms with Gasteiger partial charge in [0.05, 0.1) is 6.42 Å². The molecule has 1 aliphatic carbocycles. The number of likely N-dealkylation sites (N-methyl/N-ethyl adjacent to an activating group) is 1. The first-order chi connectivity index (χ1) is 16.8. The Bertz CT molecular complexity index is 1040. The first-order valence-corrected chi connectivity index (χ1v) is 12.1. The van der Waals surface area contributed by atoms with Crippen molar-refractivity contribution >= 4 is 18.0 Å². The molecule has 1 unspecified atom stereocenters. The van der Waals surface area contributed by atoms with Crippen molar-refractivity contribution < 1.29 is 24.2 Å². The van der Waals surface area contributed by atoms with Crippen LogP contribution in [0.25, 0.3) is 11.1 Å². The van der Waals surface area contributed by atoms with Gasteiger partial charge in [-0.2, -0.15) is 0 Å². The van der Waals surface area contributed by atoms with Crippen molar-refractivity contribution in [3.63, 3.8) is 0 Å². The highest BCUT2D eigenvalue weighted by Gasteiger charge is 2.35. The summed E-state index contributed by atoms with van der Waals surface area (Å²) in [7, 11) is 3.65. The van der Waals surface area contributed by atoms with Gasteiger partial charge >= 0.3 is 12.1 Å². The number of ether oxygens (including phenoxy) is 1. The summed E-state index contributed by atoms with van der Waals surface area (Å²) >= 11 is 0. The van der Waals surface area contributed by atoms with Crippen molar-refractivity contribution in [3.05, 3.63) is 59.7 Å². The molecule has 1 fully saturated rings. The number of piperidine rings is 1. The topological polar surface area (TPSA) is 99.2 Å². The second-order valence-corrected chi connectivity index (χ2v) is 9.56. The zero-order valence-electron chi connectivity index (χ0n) is 20.3. The molecule has 0 bridgehead atoms. The number of rotatable bonds is 8. The first kappa shape index (κ1) is 24.7. The lowest BCUT2D eigenvalue weighted by Crippen LogP contribution is -2.56. The highest BCUT2D eigenvalue weighted by molar-refractivity contribution is 5.87. The largest absolute Gasteiger partial charge is 0.481 e. The quantitative estimate of drug-likeness (QED) is 0.603. The smallest absolute Gasteiger partial charge is 0.407 e. The number of amides is 2. The van der Waals surface area contributed by atoms with E-state index in [0.29, 0.717) is 19.5 Å². The van der Waals surface area contributed by atoms with E-state index in [-0.39, 0.29) is 30.9 Å². The Morgan fingerprint density at radius 3 is 2.29 bits per heavy atom. The number of nitrogens with one attached hydrogen (secondary N) is 1. The molecular weight excluding hydrogens is 446 g/mol. The van der Waals surface area contributed by atoms with Gasteiger partial charge in [-0.15, -0.1) is 0 Å². The molecule has 2 atom stereocenters. The van der Waals surface area contributed by atoms with Crippen LogP contribution in [0, 0.1) is 0 Å². The highest BCUT2D eigenvalue weighted by atomic mass is 16.5. The molecule has 8 heteroatoms. The Morgan fingerprint density at radius 1 is 1.06 bits per heavy atom. The lowest BCUT2D eigenvalue weighted by Gasteiger charge is -2.37. The molecule has 8 nitrogen and oxygen atoms in total. The molecule has 0 spiro atoms. The zero-order valence-corrected chi connectivity index (χ0v) is 20.3. The van der Waals surface area contributed by atoms with Gasteiger partial charge in [0, 0.05) is 25.0 Å². The van der Waals surface area contributed by atoms with Crippen molar-refractivity contribution in [2.45, 2.75) is 43.7 Å². The lowest BCUT2D eigenvalue weighted by atomic mass is 9.98. The fourth-order valence-electron chi connectivity index (χ4n) is 5.24. The monoisotopic (exact) mass is 479 g/mol. The van der Waals surface area contributed by atoms with E-state index in [4.69, 9.17) is 4.74 Å².